The summed E-state index contributed by atoms with van der Waals surface area (Å²) in [6, 6.07) is 4.07. The van der Waals surface area contributed by atoms with Crippen LogP contribution in [-0.4, -0.2) is 34.9 Å². The minimum Gasteiger partial charge on any atom is -0.481 e. The molecule has 1 aliphatic rings. The Kier molecular flexibility index (Phi) is 4.21. The molecule has 1 atom stereocenters. The molecule has 1 aliphatic heterocycles. The number of carboxylic acid groups (broad SMARTS) is 1. The molecule has 0 bridgehead atoms. The molecule has 1 fully saturated rings. The number of nitrogens with zero attached hydrogens (tertiary/aromatic N) is 2. The highest BCUT2D eigenvalue weighted by molar-refractivity contribution is 6.00. The SMILES string of the molecule is CC(=O)c1ccc([N+](=O)[O-])cc1N1CCCC(C(=O)O)C1. The molecule has 0 saturated carbocycles. The largest absolute Gasteiger partial charge is 0.481 e. The van der Waals surface area contributed by atoms with Gasteiger partial charge in [-0.15, -0.1) is 0 Å². The Labute approximate surface area is 121 Å². The number of benzene rings is 1. The van der Waals surface area contributed by atoms with E-state index in [1.807, 2.05) is 0 Å². The third-order valence-electron chi connectivity index (χ3n) is 3.68. The standard InChI is InChI=1S/C14H16N2O5/c1-9(17)12-5-4-11(16(20)21)7-13(12)15-6-2-3-10(8-15)14(18)19/h4-5,7,10H,2-3,6,8H2,1H3,(H,18,19). The number of carbonyl (C=O) groups excluding carboxylic acids is 1. The van der Waals surface area contributed by atoms with Crippen molar-refractivity contribution >= 4 is 23.1 Å². The van der Waals surface area contributed by atoms with Crippen molar-refractivity contribution in [3.63, 3.8) is 0 Å². The van der Waals surface area contributed by atoms with Crippen LogP contribution >= 0.6 is 0 Å². The van der Waals surface area contributed by atoms with E-state index in [0.29, 0.717) is 30.6 Å². The predicted octanol–water partition coefficient (Wildman–Crippen LogP) is 2.10. The second-order valence-corrected chi connectivity index (χ2v) is 5.14. The number of hydrogen-bond donors (Lipinski definition) is 1. The van der Waals surface area contributed by atoms with Gasteiger partial charge in [-0.25, -0.2) is 0 Å². The van der Waals surface area contributed by atoms with Crippen LogP contribution in [0.1, 0.15) is 30.1 Å². The number of anilines is 1. The van der Waals surface area contributed by atoms with Crippen LogP contribution < -0.4 is 4.90 Å². The van der Waals surface area contributed by atoms with Crippen molar-refractivity contribution in [1.82, 2.24) is 0 Å². The van der Waals surface area contributed by atoms with E-state index in [0.717, 1.165) is 0 Å². The van der Waals surface area contributed by atoms with Gasteiger partial charge in [0.1, 0.15) is 0 Å². The van der Waals surface area contributed by atoms with Gasteiger partial charge in [-0.05, 0) is 25.8 Å². The third kappa shape index (κ3) is 3.18. The maximum absolute atomic E-state index is 11.7. The van der Waals surface area contributed by atoms with Crippen LogP contribution in [0.25, 0.3) is 0 Å². The van der Waals surface area contributed by atoms with Crippen molar-refractivity contribution in [2.45, 2.75) is 19.8 Å². The van der Waals surface area contributed by atoms with Crippen LogP contribution in [0.2, 0.25) is 0 Å². The number of nitro benzene ring substituents is 1. The van der Waals surface area contributed by atoms with Gasteiger partial charge in [0, 0.05) is 30.8 Å². The number of carbonyl (C=O) groups is 2. The number of rotatable bonds is 4. The molecular weight excluding hydrogens is 276 g/mol. The average Bonchev–Trinajstić information content (AvgIpc) is 2.46. The lowest BCUT2D eigenvalue weighted by Gasteiger charge is -2.33. The van der Waals surface area contributed by atoms with Crippen molar-refractivity contribution < 1.29 is 19.6 Å². The number of nitro groups is 1. The summed E-state index contributed by atoms with van der Waals surface area (Å²) < 4.78 is 0. The van der Waals surface area contributed by atoms with Gasteiger partial charge < -0.3 is 10.0 Å². The Morgan fingerprint density at radius 1 is 1.43 bits per heavy atom. The Morgan fingerprint density at radius 3 is 2.71 bits per heavy atom. The minimum absolute atomic E-state index is 0.104. The molecule has 0 aliphatic carbocycles. The summed E-state index contributed by atoms with van der Waals surface area (Å²) in [7, 11) is 0. The van der Waals surface area contributed by atoms with Crippen molar-refractivity contribution in [3.05, 3.63) is 33.9 Å². The smallest absolute Gasteiger partial charge is 0.308 e. The Bertz CT molecular complexity index is 599. The first kappa shape index (κ1) is 15.0. The summed E-state index contributed by atoms with van der Waals surface area (Å²) in [4.78, 5) is 34.9. The van der Waals surface area contributed by atoms with E-state index < -0.39 is 16.8 Å². The van der Waals surface area contributed by atoms with Gasteiger partial charge in [0.05, 0.1) is 16.5 Å². The molecular formula is C14H16N2O5. The molecule has 1 heterocycles. The van der Waals surface area contributed by atoms with E-state index in [1.165, 1.54) is 25.1 Å². The molecule has 0 radical (unpaired) electrons. The van der Waals surface area contributed by atoms with Crippen LogP contribution in [0.4, 0.5) is 11.4 Å². The number of hydrogen-bond acceptors (Lipinski definition) is 5. The van der Waals surface area contributed by atoms with Crippen LogP contribution in [0.15, 0.2) is 18.2 Å². The van der Waals surface area contributed by atoms with Crippen LogP contribution in [0.3, 0.4) is 0 Å². The van der Waals surface area contributed by atoms with Gasteiger partial charge in [-0.1, -0.05) is 0 Å². The fourth-order valence-corrected chi connectivity index (χ4v) is 2.59. The molecule has 1 aromatic rings. The van der Waals surface area contributed by atoms with Gasteiger partial charge >= 0.3 is 5.97 Å². The normalized spacial score (nSPS) is 18.3. The average molecular weight is 292 g/mol. The van der Waals surface area contributed by atoms with Crippen molar-refractivity contribution in [2.75, 3.05) is 18.0 Å². The minimum atomic E-state index is -0.880. The molecule has 1 unspecified atom stereocenters. The number of non-ortho nitro benzene ring substituents is 1. The van der Waals surface area contributed by atoms with Crippen molar-refractivity contribution in [3.8, 4) is 0 Å². The molecule has 0 spiro atoms. The lowest BCUT2D eigenvalue weighted by Crippen LogP contribution is -2.39. The molecule has 0 aromatic heterocycles. The third-order valence-corrected chi connectivity index (χ3v) is 3.68. The van der Waals surface area contributed by atoms with Gasteiger partial charge in [0.25, 0.3) is 5.69 Å². The number of piperidine rings is 1. The second-order valence-electron chi connectivity index (χ2n) is 5.14. The summed E-state index contributed by atoms with van der Waals surface area (Å²) in [6.45, 7) is 2.24. The van der Waals surface area contributed by atoms with Crippen molar-refractivity contribution in [1.29, 1.82) is 0 Å². The zero-order chi connectivity index (χ0) is 15.6. The Morgan fingerprint density at radius 2 is 2.14 bits per heavy atom. The maximum Gasteiger partial charge on any atom is 0.308 e. The van der Waals surface area contributed by atoms with Gasteiger partial charge in [0.2, 0.25) is 0 Å². The Hall–Kier alpha value is -2.44. The molecule has 1 saturated heterocycles. The van der Waals surface area contributed by atoms with Crippen molar-refractivity contribution in [2.24, 2.45) is 5.92 Å². The maximum atomic E-state index is 11.7. The lowest BCUT2D eigenvalue weighted by molar-refractivity contribution is -0.384. The quantitative estimate of drug-likeness (QED) is 0.518. The van der Waals surface area contributed by atoms with Crippen LogP contribution in [-0.2, 0) is 4.79 Å². The summed E-state index contributed by atoms with van der Waals surface area (Å²) in [5, 5.41) is 20.0. The first-order valence-corrected chi connectivity index (χ1v) is 6.67. The predicted molar refractivity (Wildman–Crippen MR) is 75.7 cm³/mol. The zero-order valence-corrected chi connectivity index (χ0v) is 11.6. The first-order valence-electron chi connectivity index (χ1n) is 6.67. The topological polar surface area (TPSA) is 101 Å². The summed E-state index contributed by atoms with van der Waals surface area (Å²) >= 11 is 0. The van der Waals surface area contributed by atoms with E-state index in [4.69, 9.17) is 5.11 Å². The fourth-order valence-electron chi connectivity index (χ4n) is 2.59. The highest BCUT2D eigenvalue weighted by Gasteiger charge is 2.28. The van der Waals surface area contributed by atoms with Gasteiger partial charge in [-0.3, -0.25) is 19.7 Å². The van der Waals surface area contributed by atoms with Gasteiger partial charge in [0.15, 0.2) is 5.78 Å². The van der Waals surface area contributed by atoms with Gasteiger partial charge in [-0.2, -0.15) is 0 Å². The molecule has 0 amide bonds. The van der Waals surface area contributed by atoms with Crippen LogP contribution in [0, 0.1) is 16.0 Å². The number of ketones is 1. The molecule has 1 N–H and O–H groups in total. The molecule has 21 heavy (non-hydrogen) atoms. The van der Waals surface area contributed by atoms with E-state index in [-0.39, 0.29) is 18.0 Å². The fraction of sp³-hybridized carbons (Fsp3) is 0.429. The molecule has 112 valence electrons. The lowest BCUT2D eigenvalue weighted by atomic mass is 9.96. The number of Topliss-reactive ketones (excluding diaryl/α,β-unsaturated/α-hetero) is 1. The molecule has 7 heteroatoms. The number of carboxylic acids is 1. The van der Waals surface area contributed by atoms with Crippen LogP contribution in [0.5, 0.6) is 0 Å². The van der Waals surface area contributed by atoms with E-state index in [1.54, 1.807) is 4.90 Å². The Balaban J connectivity index is 2.40. The molecule has 2 rings (SSSR count). The first-order chi connectivity index (χ1) is 9.90. The van der Waals surface area contributed by atoms with E-state index in [9.17, 15) is 19.7 Å². The number of aliphatic carboxylic acids is 1. The molecule has 7 nitrogen and oxygen atoms in total. The highest BCUT2D eigenvalue weighted by Crippen LogP contribution is 2.30. The summed E-state index contributed by atoms with van der Waals surface area (Å²) in [5.41, 5.74) is 0.724. The highest BCUT2D eigenvalue weighted by atomic mass is 16.6. The summed E-state index contributed by atoms with van der Waals surface area (Å²) in [6.07, 6.45) is 1.26. The van der Waals surface area contributed by atoms with E-state index >= 15 is 0 Å². The monoisotopic (exact) mass is 292 g/mol. The second kappa shape index (κ2) is 5.90. The zero-order valence-electron chi connectivity index (χ0n) is 11.6. The van der Waals surface area contributed by atoms with E-state index in [2.05, 4.69) is 0 Å². The molecule has 1 aromatic carbocycles. The summed E-state index contributed by atoms with van der Waals surface area (Å²) in [5.74, 6) is -1.59.